The highest BCUT2D eigenvalue weighted by molar-refractivity contribution is 9.10. The Morgan fingerprint density at radius 2 is 2.00 bits per heavy atom. The Morgan fingerprint density at radius 3 is 2.78 bits per heavy atom. The maximum atomic E-state index is 11.9. The molecule has 0 aliphatic carbocycles. The second-order valence-electron chi connectivity index (χ2n) is 4.87. The van der Waals surface area contributed by atoms with Gasteiger partial charge in [-0.05, 0) is 30.7 Å². The van der Waals surface area contributed by atoms with Gasteiger partial charge < -0.3 is 15.0 Å². The number of anilines is 1. The molecule has 0 saturated heterocycles. The Balaban J connectivity index is 1.54. The monoisotopic (exact) mass is 375 g/mol. The van der Waals surface area contributed by atoms with E-state index < -0.39 is 0 Å². The summed E-state index contributed by atoms with van der Waals surface area (Å²) in [6.07, 6.45) is 3.72. The van der Waals surface area contributed by atoms with Gasteiger partial charge in [-0.3, -0.25) is 0 Å². The van der Waals surface area contributed by atoms with Crippen LogP contribution in [0.4, 0.5) is 5.82 Å². The first-order chi connectivity index (χ1) is 11.1. The average Bonchev–Trinajstić information content (AvgIpc) is 2.97. The zero-order valence-corrected chi connectivity index (χ0v) is 13.7. The molecule has 0 saturated carbocycles. The topological polar surface area (TPSA) is 95.9 Å². The normalized spacial score (nSPS) is 10.8. The molecule has 0 fully saturated rings. The minimum absolute atomic E-state index is 0.315. The van der Waals surface area contributed by atoms with Gasteiger partial charge in [0.25, 0.3) is 0 Å². The number of aromatic nitrogens is 4. The molecule has 118 valence electrons. The van der Waals surface area contributed by atoms with E-state index in [1.54, 1.807) is 30.6 Å². The molecule has 0 atom stereocenters. The van der Waals surface area contributed by atoms with Crippen LogP contribution in [0.5, 0.6) is 0 Å². The van der Waals surface area contributed by atoms with Crippen LogP contribution in [0.3, 0.4) is 0 Å². The Kier molecular flexibility index (Phi) is 4.52. The molecule has 2 aromatic heterocycles. The summed E-state index contributed by atoms with van der Waals surface area (Å²) in [5, 5.41) is 0. The fourth-order valence-corrected chi connectivity index (χ4v) is 2.40. The van der Waals surface area contributed by atoms with Gasteiger partial charge in [0.2, 0.25) is 0 Å². The fourth-order valence-electron chi connectivity index (χ4n) is 2.13. The summed E-state index contributed by atoms with van der Waals surface area (Å²) in [7, 11) is 0. The van der Waals surface area contributed by atoms with Crippen molar-refractivity contribution >= 4 is 38.9 Å². The summed E-state index contributed by atoms with van der Waals surface area (Å²) < 4.78 is 8.04. The van der Waals surface area contributed by atoms with E-state index in [1.807, 2.05) is 4.57 Å². The van der Waals surface area contributed by atoms with Gasteiger partial charge in [0.05, 0.1) is 18.5 Å². The van der Waals surface area contributed by atoms with Crippen molar-refractivity contribution in [2.45, 2.75) is 13.0 Å². The van der Waals surface area contributed by atoms with Crippen LogP contribution in [0, 0.1) is 0 Å². The number of hydrogen-bond acceptors (Lipinski definition) is 6. The quantitative estimate of drug-likeness (QED) is 0.543. The van der Waals surface area contributed by atoms with Crippen molar-refractivity contribution in [1.82, 2.24) is 19.5 Å². The third kappa shape index (κ3) is 3.48. The van der Waals surface area contributed by atoms with Crippen molar-refractivity contribution in [3.05, 3.63) is 47.0 Å². The molecule has 3 rings (SSSR count). The molecule has 0 radical (unpaired) electrons. The molecule has 0 spiro atoms. The molecule has 1 aromatic carbocycles. The zero-order chi connectivity index (χ0) is 16.2. The van der Waals surface area contributed by atoms with Crippen LogP contribution in [0.25, 0.3) is 11.2 Å². The van der Waals surface area contributed by atoms with Gasteiger partial charge in [-0.15, -0.1) is 0 Å². The second kappa shape index (κ2) is 6.74. The minimum Gasteiger partial charge on any atom is -0.462 e. The number of hydrogen-bond donors (Lipinski definition) is 1. The van der Waals surface area contributed by atoms with Gasteiger partial charge in [-0.25, -0.2) is 19.7 Å². The number of ether oxygens (including phenoxy) is 1. The Morgan fingerprint density at radius 1 is 1.22 bits per heavy atom. The number of rotatable bonds is 5. The van der Waals surface area contributed by atoms with E-state index in [-0.39, 0.29) is 5.97 Å². The summed E-state index contributed by atoms with van der Waals surface area (Å²) in [5.74, 6) is 0.0231. The lowest BCUT2D eigenvalue weighted by atomic mass is 10.2. The van der Waals surface area contributed by atoms with Gasteiger partial charge in [0, 0.05) is 11.0 Å². The molecule has 3 aromatic rings. The number of carbonyl (C=O) groups is 1. The molecular formula is C15H14BrN5O2. The molecule has 0 aliphatic rings. The van der Waals surface area contributed by atoms with Gasteiger partial charge in [0.15, 0.2) is 11.5 Å². The number of aryl methyl sites for hydroxylation is 1. The number of fused-ring (bicyclic) bond motifs is 1. The van der Waals surface area contributed by atoms with Gasteiger partial charge >= 0.3 is 5.97 Å². The highest BCUT2D eigenvalue weighted by Crippen LogP contribution is 2.14. The van der Waals surface area contributed by atoms with E-state index in [9.17, 15) is 4.79 Å². The first kappa shape index (κ1) is 15.4. The first-order valence-electron chi connectivity index (χ1n) is 6.99. The third-order valence-corrected chi connectivity index (χ3v) is 3.81. The fraction of sp³-hybridized carbons (Fsp3) is 0.200. The minimum atomic E-state index is -0.334. The number of benzene rings is 1. The number of esters is 1. The summed E-state index contributed by atoms with van der Waals surface area (Å²) in [6, 6.07) is 7.04. The van der Waals surface area contributed by atoms with Gasteiger partial charge in [-0.2, -0.15) is 0 Å². The molecule has 2 N–H and O–H groups in total. The van der Waals surface area contributed by atoms with Crippen molar-refractivity contribution < 1.29 is 9.53 Å². The molecule has 23 heavy (non-hydrogen) atoms. The molecule has 8 heteroatoms. The highest BCUT2D eigenvalue weighted by atomic mass is 79.9. The lowest BCUT2D eigenvalue weighted by Crippen LogP contribution is -2.08. The van der Waals surface area contributed by atoms with E-state index in [0.717, 1.165) is 4.47 Å². The third-order valence-electron chi connectivity index (χ3n) is 3.29. The molecule has 0 unspecified atom stereocenters. The standard InChI is InChI=1S/C15H14BrN5O2/c16-11-4-2-10(3-5-11)15(22)23-7-1-6-21-9-20-12-13(17)18-8-19-14(12)21/h2-5,8-9H,1,6-7H2,(H2,17,18,19). The van der Waals surface area contributed by atoms with Crippen LogP contribution in [0.2, 0.25) is 0 Å². The Labute approximate surface area is 140 Å². The molecule has 7 nitrogen and oxygen atoms in total. The van der Waals surface area contributed by atoms with Crippen LogP contribution in [-0.2, 0) is 11.3 Å². The van der Waals surface area contributed by atoms with Gasteiger partial charge in [-0.1, -0.05) is 15.9 Å². The predicted octanol–water partition coefficient (Wildman–Crippen LogP) is 2.42. The SMILES string of the molecule is Nc1ncnc2c1ncn2CCCOC(=O)c1ccc(Br)cc1. The number of nitrogens with two attached hydrogens (primary N) is 1. The highest BCUT2D eigenvalue weighted by Gasteiger charge is 2.09. The average molecular weight is 376 g/mol. The van der Waals surface area contributed by atoms with E-state index in [1.165, 1.54) is 6.33 Å². The second-order valence-corrected chi connectivity index (χ2v) is 5.78. The van der Waals surface area contributed by atoms with Crippen molar-refractivity contribution in [3.8, 4) is 0 Å². The van der Waals surface area contributed by atoms with Gasteiger partial charge in [0.1, 0.15) is 11.8 Å². The van der Waals surface area contributed by atoms with Crippen molar-refractivity contribution in [1.29, 1.82) is 0 Å². The zero-order valence-electron chi connectivity index (χ0n) is 12.1. The largest absolute Gasteiger partial charge is 0.462 e. The maximum Gasteiger partial charge on any atom is 0.338 e. The Hall–Kier alpha value is -2.48. The number of carbonyl (C=O) groups excluding carboxylic acids is 1. The molecule has 0 bridgehead atoms. The molecule has 0 aliphatic heterocycles. The van der Waals surface area contributed by atoms with E-state index in [4.69, 9.17) is 10.5 Å². The molecule has 2 heterocycles. The van der Waals surface area contributed by atoms with E-state index in [0.29, 0.717) is 42.1 Å². The summed E-state index contributed by atoms with van der Waals surface area (Å²) in [5.41, 5.74) is 7.53. The lowest BCUT2D eigenvalue weighted by molar-refractivity contribution is 0.0496. The summed E-state index contributed by atoms with van der Waals surface area (Å²) in [6.45, 7) is 0.940. The molecule has 0 amide bonds. The first-order valence-corrected chi connectivity index (χ1v) is 7.78. The predicted molar refractivity (Wildman–Crippen MR) is 88.8 cm³/mol. The smallest absolute Gasteiger partial charge is 0.338 e. The number of nitrogen functional groups attached to an aromatic ring is 1. The van der Waals surface area contributed by atoms with Crippen molar-refractivity contribution in [2.75, 3.05) is 12.3 Å². The van der Waals surface area contributed by atoms with Crippen LogP contribution < -0.4 is 5.73 Å². The summed E-state index contributed by atoms with van der Waals surface area (Å²) in [4.78, 5) is 24.1. The van der Waals surface area contributed by atoms with E-state index >= 15 is 0 Å². The van der Waals surface area contributed by atoms with Crippen LogP contribution >= 0.6 is 15.9 Å². The molecular weight excluding hydrogens is 362 g/mol. The number of nitrogens with zero attached hydrogens (tertiary/aromatic N) is 4. The van der Waals surface area contributed by atoms with E-state index in [2.05, 4.69) is 30.9 Å². The Bertz CT molecular complexity index is 832. The lowest BCUT2D eigenvalue weighted by Gasteiger charge is -2.06. The van der Waals surface area contributed by atoms with Crippen molar-refractivity contribution in [2.24, 2.45) is 0 Å². The van der Waals surface area contributed by atoms with Crippen LogP contribution in [-0.4, -0.2) is 32.1 Å². The van der Waals surface area contributed by atoms with Crippen LogP contribution in [0.1, 0.15) is 16.8 Å². The number of halogens is 1. The maximum absolute atomic E-state index is 11.9. The summed E-state index contributed by atoms with van der Waals surface area (Å²) >= 11 is 3.33. The van der Waals surface area contributed by atoms with Crippen LogP contribution in [0.15, 0.2) is 41.4 Å². The van der Waals surface area contributed by atoms with Crippen molar-refractivity contribution in [3.63, 3.8) is 0 Å². The number of imidazole rings is 1.